The molecular formula is C24H29NO4. The van der Waals surface area contributed by atoms with Crippen molar-refractivity contribution in [2.75, 3.05) is 11.9 Å². The van der Waals surface area contributed by atoms with Gasteiger partial charge in [-0.2, -0.15) is 0 Å². The molecule has 0 aromatic heterocycles. The second-order valence-corrected chi connectivity index (χ2v) is 7.39. The Kier molecular flexibility index (Phi) is 6.91. The molecule has 0 unspecified atom stereocenters. The molecular weight excluding hydrogens is 366 g/mol. The fourth-order valence-corrected chi connectivity index (χ4v) is 3.58. The van der Waals surface area contributed by atoms with Crippen molar-refractivity contribution in [1.82, 2.24) is 0 Å². The highest BCUT2D eigenvalue weighted by atomic mass is 16.5. The van der Waals surface area contributed by atoms with Crippen LogP contribution in [0, 0.1) is 6.92 Å². The summed E-state index contributed by atoms with van der Waals surface area (Å²) in [5.74, 6) is 0.0966. The number of carbonyl (C=O) groups is 2. The molecule has 0 bridgehead atoms. The number of anilines is 1. The van der Waals surface area contributed by atoms with Gasteiger partial charge in [0, 0.05) is 5.69 Å². The fraction of sp³-hybridized carbons (Fsp3) is 0.417. The number of aryl methyl sites for hydroxylation is 3. The monoisotopic (exact) mass is 395 g/mol. The van der Waals surface area contributed by atoms with Crippen molar-refractivity contribution in [2.24, 2.45) is 0 Å². The summed E-state index contributed by atoms with van der Waals surface area (Å²) >= 11 is 0. The highest BCUT2D eigenvalue weighted by Gasteiger charge is 2.21. The van der Waals surface area contributed by atoms with E-state index in [4.69, 9.17) is 9.47 Å². The van der Waals surface area contributed by atoms with Gasteiger partial charge in [-0.3, -0.25) is 4.79 Å². The molecule has 0 fully saturated rings. The Balaban J connectivity index is 1.71. The minimum absolute atomic E-state index is 0.227. The molecule has 0 heterocycles. The topological polar surface area (TPSA) is 64.6 Å². The first-order valence-corrected chi connectivity index (χ1v) is 10.4. The zero-order valence-corrected chi connectivity index (χ0v) is 17.4. The molecule has 154 valence electrons. The number of amides is 1. The van der Waals surface area contributed by atoms with Gasteiger partial charge in [-0.15, -0.1) is 0 Å². The van der Waals surface area contributed by atoms with E-state index < -0.39 is 12.1 Å². The van der Waals surface area contributed by atoms with Crippen molar-refractivity contribution in [2.45, 2.75) is 59.0 Å². The Hall–Kier alpha value is -2.82. The van der Waals surface area contributed by atoms with E-state index in [-0.39, 0.29) is 5.91 Å². The Bertz CT molecular complexity index is 890. The Labute approximate surface area is 172 Å². The van der Waals surface area contributed by atoms with Gasteiger partial charge < -0.3 is 14.8 Å². The predicted octanol–water partition coefficient (Wildman–Crippen LogP) is 4.85. The summed E-state index contributed by atoms with van der Waals surface area (Å²) in [7, 11) is 0. The van der Waals surface area contributed by atoms with E-state index >= 15 is 0 Å². The molecule has 0 saturated carbocycles. The molecule has 5 heteroatoms. The number of hydrogen-bond acceptors (Lipinski definition) is 4. The molecule has 1 atom stereocenters. The number of carbonyl (C=O) groups excluding carboxylic acids is 2. The molecule has 0 radical (unpaired) electrons. The minimum atomic E-state index is -0.609. The average Bonchev–Trinajstić information content (AvgIpc) is 2.73. The van der Waals surface area contributed by atoms with Gasteiger partial charge in [-0.05, 0) is 86.9 Å². The number of benzene rings is 2. The molecule has 2 aromatic carbocycles. The summed E-state index contributed by atoms with van der Waals surface area (Å²) in [6.07, 6.45) is 4.54. The van der Waals surface area contributed by atoms with E-state index in [1.54, 1.807) is 25.1 Å². The summed E-state index contributed by atoms with van der Waals surface area (Å²) in [5, 5.41) is 2.91. The third-order valence-corrected chi connectivity index (χ3v) is 5.27. The molecule has 1 amide bonds. The van der Waals surface area contributed by atoms with Crippen molar-refractivity contribution in [3.63, 3.8) is 0 Å². The van der Waals surface area contributed by atoms with Crippen molar-refractivity contribution < 1.29 is 19.1 Å². The smallest absolute Gasteiger partial charge is 0.338 e. The maximum atomic E-state index is 12.8. The van der Waals surface area contributed by atoms with E-state index in [9.17, 15) is 9.59 Å². The van der Waals surface area contributed by atoms with Crippen molar-refractivity contribution in [3.8, 4) is 5.75 Å². The molecule has 3 rings (SSSR count). The largest absolute Gasteiger partial charge is 0.481 e. The number of ether oxygens (including phenoxy) is 2. The molecule has 5 nitrogen and oxygen atoms in total. The SMILES string of the molecule is CCOC(=O)c1ccc(C)c(NC(=O)[C@H](CC)Oc2ccc3c(c2)CCCC3)c1. The van der Waals surface area contributed by atoms with Gasteiger partial charge in [0.25, 0.3) is 5.91 Å². The maximum Gasteiger partial charge on any atom is 0.338 e. The van der Waals surface area contributed by atoms with E-state index in [0.29, 0.717) is 24.3 Å². The lowest BCUT2D eigenvalue weighted by Crippen LogP contribution is -2.32. The van der Waals surface area contributed by atoms with Gasteiger partial charge in [-0.25, -0.2) is 4.79 Å². The van der Waals surface area contributed by atoms with Crippen LogP contribution in [-0.4, -0.2) is 24.6 Å². The fourth-order valence-electron chi connectivity index (χ4n) is 3.58. The van der Waals surface area contributed by atoms with Crippen molar-refractivity contribution in [3.05, 3.63) is 58.7 Å². The molecule has 1 N–H and O–H groups in total. The highest BCUT2D eigenvalue weighted by molar-refractivity contribution is 5.97. The third-order valence-electron chi connectivity index (χ3n) is 5.27. The molecule has 0 saturated heterocycles. The van der Waals surface area contributed by atoms with Crippen LogP contribution in [0.15, 0.2) is 36.4 Å². The summed E-state index contributed by atoms with van der Waals surface area (Å²) in [6, 6.07) is 11.3. The lowest BCUT2D eigenvalue weighted by atomic mass is 9.92. The van der Waals surface area contributed by atoms with Gasteiger partial charge in [0.1, 0.15) is 5.75 Å². The summed E-state index contributed by atoms with van der Waals surface area (Å²) in [5.41, 5.74) is 4.58. The number of rotatable bonds is 7. The molecule has 0 aliphatic heterocycles. The second kappa shape index (κ2) is 9.59. The maximum absolute atomic E-state index is 12.8. The van der Waals surface area contributed by atoms with Crippen molar-refractivity contribution in [1.29, 1.82) is 0 Å². The molecule has 2 aromatic rings. The van der Waals surface area contributed by atoms with Gasteiger partial charge >= 0.3 is 5.97 Å². The summed E-state index contributed by atoms with van der Waals surface area (Å²) in [4.78, 5) is 24.8. The lowest BCUT2D eigenvalue weighted by molar-refractivity contribution is -0.122. The Morgan fingerprint density at radius 2 is 1.79 bits per heavy atom. The molecule has 1 aliphatic rings. The van der Waals surface area contributed by atoms with Crippen LogP contribution in [0.3, 0.4) is 0 Å². The second-order valence-electron chi connectivity index (χ2n) is 7.39. The quantitative estimate of drug-likeness (QED) is 0.681. The van der Waals surface area contributed by atoms with Crippen LogP contribution in [-0.2, 0) is 22.4 Å². The summed E-state index contributed by atoms with van der Waals surface area (Å²) in [6.45, 7) is 5.87. The van der Waals surface area contributed by atoms with Crippen LogP contribution in [0.5, 0.6) is 5.75 Å². The van der Waals surface area contributed by atoms with E-state index in [1.165, 1.54) is 24.0 Å². The van der Waals surface area contributed by atoms with Crippen LogP contribution in [0.2, 0.25) is 0 Å². The van der Waals surface area contributed by atoms with E-state index in [2.05, 4.69) is 17.4 Å². The number of hydrogen-bond donors (Lipinski definition) is 1. The first-order valence-electron chi connectivity index (χ1n) is 10.4. The van der Waals surface area contributed by atoms with Gasteiger partial charge in [-0.1, -0.05) is 19.1 Å². The molecule has 0 spiro atoms. The van der Waals surface area contributed by atoms with E-state index in [1.807, 2.05) is 19.9 Å². The Morgan fingerprint density at radius 1 is 1.03 bits per heavy atom. The van der Waals surface area contributed by atoms with Crippen molar-refractivity contribution >= 4 is 17.6 Å². The first-order chi connectivity index (χ1) is 14.0. The lowest BCUT2D eigenvalue weighted by Gasteiger charge is -2.21. The van der Waals surface area contributed by atoms with Crippen LogP contribution < -0.4 is 10.1 Å². The molecule has 29 heavy (non-hydrogen) atoms. The van der Waals surface area contributed by atoms with Gasteiger partial charge in [0.15, 0.2) is 6.10 Å². The van der Waals surface area contributed by atoms with E-state index in [0.717, 1.165) is 24.2 Å². The van der Waals surface area contributed by atoms with Gasteiger partial charge in [0.2, 0.25) is 0 Å². The minimum Gasteiger partial charge on any atom is -0.481 e. The highest BCUT2D eigenvalue weighted by Crippen LogP contribution is 2.26. The van der Waals surface area contributed by atoms with Crippen LogP contribution in [0.4, 0.5) is 5.69 Å². The number of nitrogens with one attached hydrogen (secondary N) is 1. The zero-order valence-electron chi connectivity index (χ0n) is 17.4. The number of fused-ring (bicyclic) bond motifs is 1. The zero-order chi connectivity index (χ0) is 20.8. The Morgan fingerprint density at radius 3 is 2.52 bits per heavy atom. The standard InChI is InChI=1S/C24H29NO4/c1-4-22(29-20-13-12-17-8-6-7-9-18(17)14-20)23(26)25-21-15-19(11-10-16(21)3)24(27)28-5-2/h10-15,22H,4-9H2,1-3H3,(H,25,26)/t22-/m0/s1. The van der Waals surface area contributed by atoms with Crippen LogP contribution in [0.25, 0.3) is 0 Å². The normalized spacial score (nSPS) is 13.9. The van der Waals surface area contributed by atoms with Crippen LogP contribution in [0.1, 0.15) is 60.2 Å². The molecule has 1 aliphatic carbocycles. The predicted molar refractivity (Wildman–Crippen MR) is 114 cm³/mol. The summed E-state index contributed by atoms with van der Waals surface area (Å²) < 4.78 is 11.1. The first kappa shape index (κ1) is 20.9. The average molecular weight is 395 g/mol. The number of esters is 1. The van der Waals surface area contributed by atoms with Gasteiger partial charge in [0.05, 0.1) is 12.2 Å². The van der Waals surface area contributed by atoms with Crippen LogP contribution >= 0.6 is 0 Å². The third kappa shape index (κ3) is 5.17.